The molecule has 162 valence electrons. The smallest absolute Gasteiger partial charge is 0.219 e. The minimum Gasteiger partial charge on any atom is -0.508 e. The number of fused-ring (bicyclic) bond motifs is 1. The lowest BCUT2D eigenvalue weighted by molar-refractivity contribution is 0.476. The summed E-state index contributed by atoms with van der Waals surface area (Å²) < 4.78 is 2.10. The maximum atomic E-state index is 10.3. The molecule has 0 saturated carbocycles. The number of aromatic nitrogens is 2. The first-order valence-electron chi connectivity index (χ1n) is 10.7. The molecule has 0 fully saturated rings. The van der Waals surface area contributed by atoms with E-state index >= 15 is 0 Å². The zero-order valence-corrected chi connectivity index (χ0v) is 19.1. The predicted molar refractivity (Wildman–Crippen MR) is 138 cm³/mol. The van der Waals surface area contributed by atoms with Crippen LogP contribution in [0, 0.1) is 0 Å². The highest BCUT2D eigenvalue weighted by Gasteiger charge is 2.33. The number of benzene rings is 3. The maximum Gasteiger partial charge on any atom is 0.219 e. The van der Waals surface area contributed by atoms with Crippen LogP contribution in [0.15, 0.2) is 94.4 Å². The highest BCUT2D eigenvalue weighted by molar-refractivity contribution is 7.80. The third-order valence-corrected chi connectivity index (χ3v) is 5.65. The molecule has 0 radical (unpaired) electrons. The lowest BCUT2D eigenvalue weighted by atomic mass is 9.93. The number of nitrogens with zero attached hydrogens (tertiary/aromatic N) is 4. The number of aromatic hydroxyl groups is 1. The summed E-state index contributed by atoms with van der Waals surface area (Å²) in [6, 6.07) is 24.8. The number of phenols is 1. The van der Waals surface area contributed by atoms with Crippen LogP contribution in [0.5, 0.6) is 5.75 Å². The molecule has 1 aliphatic rings. The Kier molecular flexibility index (Phi) is 5.44. The normalized spacial score (nSPS) is 14.2. The Labute approximate surface area is 197 Å². The number of allylic oxidation sites excluding steroid dienone is 1. The minimum absolute atomic E-state index is 0.176. The van der Waals surface area contributed by atoms with Crippen molar-refractivity contribution in [1.29, 1.82) is 0 Å². The van der Waals surface area contributed by atoms with Crippen molar-refractivity contribution in [3.63, 3.8) is 0 Å². The fourth-order valence-corrected chi connectivity index (χ4v) is 4.32. The van der Waals surface area contributed by atoms with Crippen LogP contribution in [0.1, 0.15) is 36.8 Å². The lowest BCUT2D eigenvalue weighted by Gasteiger charge is -2.28. The van der Waals surface area contributed by atoms with E-state index in [4.69, 9.17) is 27.2 Å². The van der Waals surface area contributed by atoms with Gasteiger partial charge in [0.25, 0.3) is 0 Å². The van der Waals surface area contributed by atoms with E-state index < -0.39 is 0 Å². The lowest BCUT2D eigenvalue weighted by Crippen LogP contribution is -2.33. The second-order valence-electron chi connectivity index (χ2n) is 8.15. The molecule has 2 heterocycles. The number of hydrogen-bond donors (Lipinski definition) is 1. The average Bonchev–Trinajstić information content (AvgIpc) is 3.15. The molecule has 33 heavy (non-hydrogen) atoms. The predicted octanol–water partition coefficient (Wildman–Crippen LogP) is 5.98. The Morgan fingerprint density at radius 2 is 1.45 bits per heavy atom. The molecule has 0 saturated heterocycles. The van der Waals surface area contributed by atoms with Gasteiger partial charge in [0.2, 0.25) is 5.11 Å². The number of hydrogen-bond acceptors (Lipinski definition) is 3. The summed E-state index contributed by atoms with van der Waals surface area (Å²) in [5, 5.41) is 10.6. The molecule has 6 heteroatoms. The van der Waals surface area contributed by atoms with Crippen molar-refractivity contribution in [3.8, 4) is 5.75 Å². The maximum absolute atomic E-state index is 10.3. The number of phenolic OH excluding ortho intramolecular Hbond substituents is 1. The van der Waals surface area contributed by atoms with E-state index in [9.17, 15) is 5.11 Å². The van der Waals surface area contributed by atoms with Crippen molar-refractivity contribution in [2.24, 2.45) is 9.98 Å². The number of thiocarbonyl (C=S) groups is 1. The molecule has 1 aliphatic heterocycles. The van der Waals surface area contributed by atoms with Gasteiger partial charge in [0.1, 0.15) is 17.6 Å². The van der Waals surface area contributed by atoms with Gasteiger partial charge in [0.15, 0.2) is 0 Å². The fourth-order valence-electron chi connectivity index (χ4n) is 4.12. The summed E-state index contributed by atoms with van der Waals surface area (Å²) in [6.07, 6.45) is 2.04. The molecular weight excluding hydrogens is 428 g/mol. The van der Waals surface area contributed by atoms with Crippen LogP contribution in [0.4, 0.5) is 0 Å². The topological polar surface area (TPSA) is 62.8 Å². The van der Waals surface area contributed by atoms with Crippen molar-refractivity contribution in [1.82, 2.24) is 9.55 Å². The van der Waals surface area contributed by atoms with Crippen LogP contribution >= 0.6 is 12.2 Å². The van der Waals surface area contributed by atoms with Gasteiger partial charge in [-0.1, -0.05) is 66.2 Å². The van der Waals surface area contributed by atoms with Crippen LogP contribution in [0.2, 0.25) is 0 Å². The summed E-state index contributed by atoms with van der Waals surface area (Å²) in [4.78, 5) is 14.4. The van der Waals surface area contributed by atoms with E-state index in [0.717, 1.165) is 45.0 Å². The SMILES string of the molecule is CC(C)=Cc1nc2ccc(O)cc2n1C1C(c2ccccc2)=NC(=S)N=C1c1ccccc1. The molecule has 0 atom stereocenters. The average molecular weight is 451 g/mol. The largest absolute Gasteiger partial charge is 0.508 e. The van der Waals surface area contributed by atoms with Gasteiger partial charge in [0, 0.05) is 6.07 Å². The summed E-state index contributed by atoms with van der Waals surface area (Å²) in [6.45, 7) is 4.07. The number of rotatable bonds is 4. The molecule has 1 aromatic heterocycles. The molecule has 1 N–H and O–H groups in total. The van der Waals surface area contributed by atoms with Gasteiger partial charge in [0.05, 0.1) is 22.5 Å². The van der Waals surface area contributed by atoms with Crippen molar-refractivity contribution in [3.05, 3.63) is 101 Å². The van der Waals surface area contributed by atoms with Crippen molar-refractivity contribution >= 4 is 45.9 Å². The van der Waals surface area contributed by atoms with Gasteiger partial charge in [-0.2, -0.15) is 0 Å². The van der Waals surface area contributed by atoms with Crippen molar-refractivity contribution in [2.45, 2.75) is 19.9 Å². The van der Waals surface area contributed by atoms with Gasteiger partial charge in [-0.05, 0) is 55.4 Å². The van der Waals surface area contributed by atoms with Crippen LogP contribution in [0.25, 0.3) is 17.1 Å². The van der Waals surface area contributed by atoms with Gasteiger partial charge in [-0.25, -0.2) is 15.0 Å². The van der Waals surface area contributed by atoms with Gasteiger partial charge < -0.3 is 9.67 Å². The third kappa shape index (κ3) is 4.01. The molecule has 0 spiro atoms. The summed E-state index contributed by atoms with van der Waals surface area (Å²) >= 11 is 5.51. The number of imidazole rings is 1. The minimum atomic E-state index is -0.390. The molecule has 4 aromatic rings. The van der Waals surface area contributed by atoms with E-state index in [2.05, 4.69) is 4.57 Å². The molecule has 0 aliphatic carbocycles. The molecule has 5 rings (SSSR count). The van der Waals surface area contributed by atoms with Crippen LogP contribution in [-0.2, 0) is 0 Å². The third-order valence-electron chi connectivity index (χ3n) is 5.47. The molecule has 0 bridgehead atoms. The standard InChI is InChI=1S/C27H22N4OS/c1-17(2)15-23-28-21-14-13-20(32)16-22(21)31(23)26-24(18-9-5-3-6-10-18)29-27(33)30-25(26)19-11-7-4-8-12-19/h3-16,26,32H,1-2H3. The molecular formula is C27H22N4OS. The number of aliphatic imine (C=N–C) groups is 2. The molecule has 0 amide bonds. The van der Waals surface area contributed by atoms with Gasteiger partial charge >= 0.3 is 0 Å². The van der Waals surface area contributed by atoms with Crippen LogP contribution in [0.3, 0.4) is 0 Å². The Bertz CT molecular complexity index is 1390. The Balaban J connectivity index is 1.85. The van der Waals surface area contributed by atoms with Crippen LogP contribution < -0.4 is 0 Å². The van der Waals surface area contributed by atoms with Crippen molar-refractivity contribution < 1.29 is 5.11 Å². The van der Waals surface area contributed by atoms with Crippen molar-refractivity contribution in [2.75, 3.05) is 0 Å². The van der Waals surface area contributed by atoms with Gasteiger partial charge in [-0.15, -0.1) is 0 Å². The van der Waals surface area contributed by atoms with Crippen LogP contribution in [-0.4, -0.2) is 31.2 Å². The van der Waals surface area contributed by atoms with Gasteiger partial charge in [-0.3, -0.25) is 0 Å². The highest BCUT2D eigenvalue weighted by atomic mass is 32.1. The van der Waals surface area contributed by atoms with E-state index in [-0.39, 0.29) is 11.8 Å². The second-order valence-corrected chi connectivity index (χ2v) is 8.51. The highest BCUT2D eigenvalue weighted by Crippen LogP contribution is 2.32. The molecule has 0 unspecified atom stereocenters. The van der Waals surface area contributed by atoms with E-state index in [0.29, 0.717) is 5.11 Å². The van der Waals surface area contributed by atoms with E-state index in [1.807, 2.05) is 86.7 Å². The Morgan fingerprint density at radius 3 is 2.00 bits per heavy atom. The zero-order chi connectivity index (χ0) is 22.9. The quantitative estimate of drug-likeness (QED) is 0.389. The summed E-state index contributed by atoms with van der Waals surface area (Å²) in [7, 11) is 0. The van der Waals surface area contributed by atoms with E-state index in [1.54, 1.807) is 12.1 Å². The first-order chi connectivity index (χ1) is 16.0. The molecule has 3 aromatic carbocycles. The van der Waals surface area contributed by atoms with E-state index in [1.165, 1.54) is 0 Å². The zero-order valence-electron chi connectivity index (χ0n) is 18.3. The summed E-state index contributed by atoms with van der Waals surface area (Å²) in [5.74, 6) is 0.941. The molecule has 5 nitrogen and oxygen atoms in total. The first kappa shape index (κ1) is 21.0. The fraction of sp³-hybridized carbons (Fsp3) is 0.111. The monoisotopic (exact) mass is 450 g/mol. The first-order valence-corrected chi connectivity index (χ1v) is 11.1. The second kappa shape index (κ2) is 8.56. The Morgan fingerprint density at radius 1 is 0.879 bits per heavy atom. The Hall–Kier alpha value is -3.90. The summed E-state index contributed by atoms with van der Waals surface area (Å²) in [5.41, 5.74) is 6.19.